The maximum absolute atomic E-state index is 2.42. The van der Waals surface area contributed by atoms with Crippen molar-refractivity contribution in [2.24, 2.45) is 11.8 Å². The molecule has 2 bridgehead atoms. The Morgan fingerprint density at radius 1 is 1.40 bits per heavy atom. The largest absolute Gasteiger partial charge is 0.0877 e. The standard InChI is InChI=1S/C10H14/c1-8-5-6-9-3-2-4-10(8)7-9/h2-3,5,9-10H,4,6-7H2,1H3/t9-,10?/m1/s1. The molecule has 10 heavy (non-hydrogen) atoms. The minimum atomic E-state index is 0.877. The van der Waals surface area contributed by atoms with Gasteiger partial charge in [0.1, 0.15) is 0 Å². The van der Waals surface area contributed by atoms with Crippen molar-refractivity contribution in [1.82, 2.24) is 0 Å². The maximum atomic E-state index is 2.42. The monoisotopic (exact) mass is 134 g/mol. The molecular formula is C10H14. The second kappa shape index (κ2) is 2.26. The van der Waals surface area contributed by atoms with Crippen molar-refractivity contribution in [3.8, 4) is 0 Å². The predicted octanol–water partition coefficient (Wildman–Crippen LogP) is 2.92. The van der Waals surface area contributed by atoms with Crippen LogP contribution >= 0.6 is 0 Å². The third-order valence-electron chi connectivity index (χ3n) is 2.80. The van der Waals surface area contributed by atoms with Crippen LogP contribution in [0.4, 0.5) is 0 Å². The lowest BCUT2D eigenvalue weighted by molar-refractivity contribution is 0.421. The van der Waals surface area contributed by atoms with E-state index in [0.29, 0.717) is 0 Å². The molecule has 0 saturated carbocycles. The zero-order chi connectivity index (χ0) is 6.97. The normalized spacial score (nSPS) is 37.5. The van der Waals surface area contributed by atoms with E-state index in [2.05, 4.69) is 25.2 Å². The molecule has 1 unspecified atom stereocenters. The summed E-state index contributed by atoms with van der Waals surface area (Å²) in [6.07, 6.45) is 11.2. The van der Waals surface area contributed by atoms with Crippen LogP contribution in [-0.2, 0) is 0 Å². The van der Waals surface area contributed by atoms with Crippen molar-refractivity contribution in [3.05, 3.63) is 23.8 Å². The first-order valence-corrected chi connectivity index (χ1v) is 4.19. The third-order valence-corrected chi connectivity index (χ3v) is 2.80. The maximum Gasteiger partial charge on any atom is -0.0166 e. The van der Waals surface area contributed by atoms with E-state index in [0.717, 1.165) is 11.8 Å². The average molecular weight is 134 g/mol. The van der Waals surface area contributed by atoms with E-state index < -0.39 is 0 Å². The van der Waals surface area contributed by atoms with Crippen molar-refractivity contribution in [2.75, 3.05) is 0 Å². The van der Waals surface area contributed by atoms with E-state index in [1.165, 1.54) is 19.3 Å². The van der Waals surface area contributed by atoms with Gasteiger partial charge in [-0.05, 0) is 38.0 Å². The molecule has 0 aromatic carbocycles. The van der Waals surface area contributed by atoms with E-state index in [9.17, 15) is 0 Å². The van der Waals surface area contributed by atoms with Gasteiger partial charge in [0.2, 0.25) is 0 Å². The highest BCUT2D eigenvalue weighted by atomic mass is 14.3. The SMILES string of the molecule is CC1=CC[C@H]2C=CCC1C2. The van der Waals surface area contributed by atoms with E-state index in [1.54, 1.807) is 5.57 Å². The van der Waals surface area contributed by atoms with Crippen molar-refractivity contribution < 1.29 is 0 Å². The molecule has 2 aliphatic carbocycles. The Morgan fingerprint density at radius 3 is 3.10 bits per heavy atom. The van der Waals surface area contributed by atoms with Crippen LogP contribution in [0.25, 0.3) is 0 Å². The Morgan fingerprint density at radius 2 is 2.30 bits per heavy atom. The summed E-state index contributed by atoms with van der Waals surface area (Å²) in [4.78, 5) is 0. The molecule has 0 heteroatoms. The van der Waals surface area contributed by atoms with Crippen LogP contribution < -0.4 is 0 Å². The first-order valence-electron chi connectivity index (χ1n) is 4.19. The fourth-order valence-corrected chi connectivity index (χ4v) is 2.03. The minimum absolute atomic E-state index is 0.877. The van der Waals surface area contributed by atoms with Gasteiger partial charge >= 0.3 is 0 Å². The Kier molecular flexibility index (Phi) is 1.40. The molecule has 0 radical (unpaired) electrons. The van der Waals surface area contributed by atoms with Crippen molar-refractivity contribution in [3.63, 3.8) is 0 Å². The second-order valence-corrected chi connectivity index (χ2v) is 3.54. The first-order chi connectivity index (χ1) is 4.86. The number of allylic oxidation sites excluding steroid dienone is 4. The molecule has 0 N–H and O–H groups in total. The number of hydrogen-bond donors (Lipinski definition) is 0. The third kappa shape index (κ3) is 0.920. The molecule has 0 spiro atoms. The summed E-state index contributed by atoms with van der Waals surface area (Å²) in [5, 5.41) is 0. The van der Waals surface area contributed by atoms with Crippen LogP contribution in [0.1, 0.15) is 26.2 Å². The van der Waals surface area contributed by atoms with Gasteiger partial charge < -0.3 is 0 Å². The molecule has 0 nitrogen and oxygen atoms in total. The zero-order valence-corrected chi connectivity index (χ0v) is 6.51. The number of fused-ring (bicyclic) bond motifs is 2. The fraction of sp³-hybridized carbons (Fsp3) is 0.600. The van der Waals surface area contributed by atoms with Crippen molar-refractivity contribution in [1.29, 1.82) is 0 Å². The van der Waals surface area contributed by atoms with Crippen LogP contribution in [0.5, 0.6) is 0 Å². The summed E-state index contributed by atoms with van der Waals surface area (Å²) in [7, 11) is 0. The molecule has 0 aromatic heterocycles. The highest BCUT2D eigenvalue weighted by Gasteiger charge is 2.21. The van der Waals surface area contributed by atoms with Gasteiger partial charge in [0, 0.05) is 0 Å². The summed E-state index contributed by atoms with van der Waals surface area (Å²) >= 11 is 0. The van der Waals surface area contributed by atoms with E-state index in [4.69, 9.17) is 0 Å². The highest BCUT2D eigenvalue weighted by Crippen LogP contribution is 2.35. The summed E-state index contributed by atoms with van der Waals surface area (Å²) < 4.78 is 0. The van der Waals surface area contributed by atoms with Crippen LogP contribution in [0, 0.1) is 11.8 Å². The smallest absolute Gasteiger partial charge is 0.0166 e. The van der Waals surface area contributed by atoms with Crippen LogP contribution in [0.2, 0.25) is 0 Å². The molecule has 0 saturated heterocycles. The van der Waals surface area contributed by atoms with E-state index >= 15 is 0 Å². The van der Waals surface area contributed by atoms with E-state index in [-0.39, 0.29) is 0 Å². The van der Waals surface area contributed by atoms with Gasteiger partial charge in [-0.3, -0.25) is 0 Å². The number of hydrogen-bond acceptors (Lipinski definition) is 0. The molecule has 0 fully saturated rings. The summed E-state index contributed by atoms with van der Waals surface area (Å²) in [5.41, 5.74) is 1.63. The Balaban J connectivity index is 2.22. The lowest BCUT2D eigenvalue weighted by Gasteiger charge is -2.29. The highest BCUT2D eigenvalue weighted by molar-refractivity contribution is 5.15. The summed E-state index contributed by atoms with van der Waals surface area (Å²) in [6.45, 7) is 2.28. The van der Waals surface area contributed by atoms with Crippen molar-refractivity contribution >= 4 is 0 Å². The van der Waals surface area contributed by atoms with Gasteiger partial charge in [-0.25, -0.2) is 0 Å². The van der Waals surface area contributed by atoms with Gasteiger partial charge in [-0.1, -0.05) is 23.8 Å². The Bertz CT molecular complexity index is 186. The quantitative estimate of drug-likeness (QED) is 0.447. The molecule has 0 amide bonds. The van der Waals surface area contributed by atoms with E-state index in [1.807, 2.05) is 0 Å². The predicted molar refractivity (Wildman–Crippen MR) is 43.7 cm³/mol. The van der Waals surface area contributed by atoms with Gasteiger partial charge in [-0.15, -0.1) is 0 Å². The lowest BCUT2D eigenvalue weighted by Crippen LogP contribution is -2.16. The number of rotatable bonds is 0. The van der Waals surface area contributed by atoms with Gasteiger partial charge in [0.25, 0.3) is 0 Å². The first kappa shape index (κ1) is 6.21. The minimum Gasteiger partial charge on any atom is -0.0877 e. The molecule has 2 rings (SSSR count). The molecule has 54 valence electrons. The van der Waals surface area contributed by atoms with Crippen molar-refractivity contribution in [2.45, 2.75) is 26.2 Å². The fourth-order valence-electron chi connectivity index (χ4n) is 2.03. The molecule has 0 aliphatic heterocycles. The Hall–Kier alpha value is -0.520. The molecule has 0 heterocycles. The summed E-state index contributed by atoms with van der Waals surface area (Å²) in [6, 6.07) is 0. The lowest BCUT2D eigenvalue weighted by atomic mass is 9.76. The van der Waals surface area contributed by atoms with Crippen LogP contribution in [0.15, 0.2) is 23.8 Å². The Labute approximate surface area is 62.6 Å². The van der Waals surface area contributed by atoms with Crippen LogP contribution in [0.3, 0.4) is 0 Å². The molecule has 2 atom stereocenters. The topological polar surface area (TPSA) is 0 Å². The summed E-state index contributed by atoms with van der Waals surface area (Å²) in [5.74, 6) is 1.77. The van der Waals surface area contributed by atoms with Gasteiger partial charge in [-0.2, -0.15) is 0 Å². The molecule has 2 aliphatic rings. The molecule has 0 aromatic rings. The second-order valence-electron chi connectivity index (χ2n) is 3.54. The molecular weight excluding hydrogens is 120 g/mol. The average Bonchev–Trinajstić information content (AvgIpc) is 1.99. The van der Waals surface area contributed by atoms with Gasteiger partial charge in [0.15, 0.2) is 0 Å². The van der Waals surface area contributed by atoms with Crippen LogP contribution in [-0.4, -0.2) is 0 Å². The van der Waals surface area contributed by atoms with Gasteiger partial charge in [0.05, 0.1) is 0 Å². The zero-order valence-electron chi connectivity index (χ0n) is 6.51.